The third-order valence-corrected chi connectivity index (χ3v) is 4.21. The van der Waals surface area contributed by atoms with E-state index in [2.05, 4.69) is 4.90 Å². The lowest BCUT2D eigenvalue weighted by molar-refractivity contribution is -0.121. The van der Waals surface area contributed by atoms with E-state index in [0.717, 1.165) is 26.2 Å². The van der Waals surface area contributed by atoms with Crippen molar-refractivity contribution in [3.63, 3.8) is 0 Å². The zero-order valence-electron chi connectivity index (χ0n) is 12.6. The summed E-state index contributed by atoms with van der Waals surface area (Å²) in [4.78, 5) is 41.1. The van der Waals surface area contributed by atoms with Gasteiger partial charge >= 0.3 is 0 Å². The number of hydrogen-bond donors (Lipinski definition) is 0. The molecule has 116 valence electrons. The van der Waals surface area contributed by atoms with Crippen LogP contribution in [0.1, 0.15) is 23.2 Å². The summed E-state index contributed by atoms with van der Waals surface area (Å²) in [5, 5.41) is 0. The van der Waals surface area contributed by atoms with Gasteiger partial charge in [0, 0.05) is 44.6 Å². The van der Waals surface area contributed by atoms with Gasteiger partial charge in [0.2, 0.25) is 11.8 Å². The molecule has 3 rings (SSSR count). The Morgan fingerprint density at radius 2 is 1.45 bits per heavy atom. The predicted molar refractivity (Wildman–Crippen MR) is 81.6 cm³/mol. The van der Waals surface area contributed by atoms with E-state index in [1.165, 1.54) is 4.90 Å². The minimum atomic E-state index is -0.178. The molecule has 0 saturated carbocycles. The van der Waals surface area contributed by atoms with E-state index in [1.54, 1.807) is 24.3 Å². The zero-order valence-corrected chi connectivity index (χ0v) is 12.6. The fourth-order valence-corrected chi connectivity index (χ4v) is 2.81. The first-order valence-corrected chi connectivity index (χ1v) is 7.50. The SMILES string of the molecule is CN1CCN(C(=O)c2ccc(N3C(=O)CCC3=O)cc2)CC1. The lowest BCUT2D eigenvalue weighted by Crippen LogP contribution is -2.47. The normalized spacial score (nSPS) is 19.9. The lowest BCUT2D eigenvalue weighted by Gasteiger charge is -2.32. The molecule has 2 fully saturated rings. The molecule has 0 radical (unpaired) electrons. The van der Waals surface area contributed by atoms with E-state index in [1.807, 2.05) is 11.9 Å². The number of nitrogens with zero attached hydrogens (tertiary/aromatic N) is 3. The van der Waals surface area contributed by atoms with E-state index >= 15 is 0 Å². The molecule has 6 nitrogen and oxygen atoms in total. The Balaban J connectivity index is 1.72. The Morgan fingerprint density at radius 3 is 2.00 bits per heavy atom. The Kier molecular flexibility index (Phi) is 3.94. The van der Waals surface area contributed by atoms with Crippen LogP contribution in [-0.2, 0) is 9.59 Å². The van der Waals surface area contributed by atoms with E-state index in [4.69, 9.17) is 0 Å². The first-order chi connectivity index (χ1) is 10.6. The summed E-state index contributed by atoms with van der Waals surface area (Å²) < 4.78 is 0. The highest BCUT2D eigenvalue weighted by molar-refractivity contribution is 6.19. The van der Waals surface area contributed by atoms with Crippen LogP contribution in [-0.4, -0.2) is 60.7 Å². The Morgan fingerprint density at radius 1 is 0.909 bits per heavy atom. The number of rotatable bonds is 2. The van der Waals surface area contributed by atoms with Crippen LogP contribution in [0.5, 0.6) is 0 Å². The van der Waals surface area contributed by atoms with Gasteiger partial charge in [-0.1, -0.05) is 0 Å². The van der Waals surface area contributed by atoms with Crippen molar-refractivity contribution < 1.29 is 14.4 Å². The van der Waals surface area contributed by atoms with Crippen LogP contribution >= 0.6 is 0 Å². The Hall–Kier alpha value is -2.21. The van der Waals surface area contributed by atoms with Crippen molar-refractivity contribution in [1.29, 1.82) is 0 Å². The molecule has 2 saturated heterocycles. The van der Waals surface area contributed by atoms with Gasteiger partial charge in [-0.25, -0.2) is 0 Å². The number of benzene rings is 1. The van der Waals surface area contributed by atoms with Crippen molar-refractivity contribution >= 4 is 23.4 Å². The summed E-state index contributed by atoms with van der Waals surface area (Å²) in [5.41, 5.74) is 1.13. The maximum Gasteiger partial charge on any atom is 0.253 e. The van der Waals surface area contributed by atoms with Crippen LogP contribution in [0.2, 0.25) is 0 Å². The summed E-state index contributed by atoms with van der Waals surface area (Å²) in [5.74, 6) is -0.356. The van der Waals surface area contributed by atoms with Gasteiger partial charge in [-0.05, 0) is 31.3 Å². The van der Waals surface area contributed by atoms with Crippen LogP contribution in [0.3, 0.4) is 0 Å². The fraction of sp³-hybridized carbons (Fsp3) is 0.438. The molecular formula is C16H19N3O3. The van der Waals surface area contributed by atoms with Crippen LogP contribution in [0.25, 0.3) is 0 Å². The minimum Gasteiger partial charge on any atom is -0.336 e. The molecule has 2 heterocycles. The standard InChI is InChI=1S/C16H19N3O3/c1-17-8-10-18(11-9-17)16(22)12-2-4-13(5-3-12)19-14(20)6-7-15(19)21/h2-5H,6-11H2,1H3. The molecule has 1 aromatic rings. The number of likely N-dealkylation sites (N-methyl/N-ethyl adjacent to an activating group) is 1. The van der Waals surface area contributed by atoms with Crippen LogP contribution in [0.15, 0.2) is 24.3 Å². The molecule has 3 amide bonds. The lowest BCUT2D eigenvalue weighted by atomic mass is 10.1. The van der Waals surface area contributed by atoms with Crippen molar-refractivity contribution in [3.8, 4) is 0 Å². The second-order valence-corrected chi connectivity index (χ2v) is 5.77. The number of imide groups is 1. The van der Waals surface area contributed by atoms with Crippen molar-refractivity contribution in [3.05, 3.63) is 29.8 Å². The summed E-state index contributed by atoms with van der Waals surface area (Å²) in [7, 11) is 2.04. The molecule has 0 N–H and O–H groups in total. The average molecular weight is 301 g/mol. The number of amides is 3. The van der Waals surface area contributed by atoms with Crippen molar-refractivity contribution in [1.82, 2.24) is 9.80 Å². The molecule has 6 heteroatoms. The first kappa shape index (κ1) is 14.7. The highest BCUT2D eigenvalue weighted by Gasteiger charge is 2.30. The highest BCUT2D eigenvalue weighted by atomic mass is 16.2. The monoisotopic (exact) mass is 301 g/mol. The number of anilines is 1. The van der Waals surface area contributed by atoms with Gasteiger partial charge in [-0.2, -0.15) is 0 Å². The van der Waals surface area contributed by atoms with Crippen molar-refractivity contribution in [2.24, 2.45) is 0 Å². The topological polar surface area (TPSA) is 60.9 Å². The van der Waals surface area contributed by atoms with E-state index in [9.17, 15) is 14.4 Å². The fourth-order valence-electron chi connectivity index (χ4n) is 2.81. The number of carbonyl (C=O) groups is 3. The van der Waals surface area contributed by atoms with Crippen LogP contribution in [0, 0.1) is 0 Å². The molecule has 0 unspecified atom stereocenters. The van der Waals surface area contributed by atoms with Gasteiger partial charge in [0.05, 0.1) is 5.69 Å². The molecule has 0 aromatic heterocycles. The molecule has 0 bridgehead atoms. The van der Waals surface area contributed by atoms with Gasteiger partial charge in [-0.3, -0.25) is 19.3 Å². The smallest absolute Gasteiger partial charge is 0.253 e. The molecule has 0 atom stereocenters. The van der Waals surface area contributed by atoms with Gasteiger partial charge in [-0.15, -0.1) is 0 Å². The van der Waals surface area contributed by atoms with Crippen LogP contribution < -0.4 is 4.90 Å². The van der Waals surface area contributed by atoms with Gasteiger partial charge in [0.15, 0.2) is 0 Å². The van der Waals surface area contributed by atoms with Gasteiger partial charge in [0.25, 0.3) is 5.91 Å². The first-order valence-electron chi connectivity index (χ1n) is 7.50. The Bertz CT molecular complexity index is 588. The molecular weight excluding hydrogens is 282 g/mol. The minimum absolute atomic E-state index is 0.00118. The molecule has 2 aliphatic rings. The van der Waals surface area contributed by atoms with E-state index < -0.39 is 0 Å². The quantitative estimate of drug-likeness (QED) is 0.756. The zero-order chi connectivity index (χ0) is 15.7. The average Bonchev–Trinajstić information content (AvgIpc) is 2.86. The summed E-state index contributed by atoms with van der Waals surface area (Å²) >= 11 is 0. The summed E-state index contributed by atoms with van der Waals surface area (Å²) in [6.07, 6.45) is 0.529. The molecule has 1 aromatic carbocycles. The van der Waals surface area contributed by atoms with Gasteiger partial charge in [0.1, 0.15) is 0 Å². The second kappa shape index (κ2) is 5.88. The van der Waals surface area contributed by atoms with E-state index in [0.29, 0.717) is 11.3 Å². The highest BCUT2D eigenvalue weighted by Crippen LogP contribution is 2.23. The summed E-state index contributed by atoms with van der Waals surface area (Å²) in [6, 6.07) is 6.72. The molecule has 22 heavy (non-hydrogen) atoms. The predicted octanol–water partition coefficient (Wildman–Crippen LogP) is 0.728. The second-order valence-electron chi connectivity index (χ2n) is 5.77. The van der Waals surface area contributed by atoms with Crippen molar-refractivity contribution in [2.45, 2.75) is 12.8 Å². The van der Waals surface area contributed by atoms with Crippen molar-refractivity contribution in [2.75, 3.05) is 38.1 Å². The number of piperazine rings is 1. The maximum atomic E-state index is 12.4. The van der Waals surface area contributed by atoms with Gasteiger partial charge < -0.3 is 9.80 Å². The molecule has 0 aliphatic carbocycles. The van der Waals surface area contributed by atoms with Crippen LogP contribution in [0.4, 0.5) is 5.69 Å². The molecule has 0 spiro atoms. The maximum absolute atomic E-state index is 12.4. The largest absolute Gasteiger partial charge is 0.336 e. The molecule has 2 aliphatic heterocycles. The number of carbonyl (C=O) groups excluding carboxylic acids is 3. The van der Waals surface area contributed by atoms with E-state index in [-0.39, 0.29) is 30.6 Å². The Labute approximate surface area is 129 Å². The number of hydrogen-bond acceptors (Lipinski definition) is 4. The summed E-state index contributed by atoms with van der Waals surface area (Å²) in [6.45, 7) is 3.20. The third-order valence-electron chi connectivity index (χ3n) is 4.21. The third kappa shape index (κ3) is 2.74.